The van der Waals surface area contributed by atoms with Gasteiger partial charge in [0.25, 0.3) is 5.56 Å². The standard InChI is InChI=1S/C28H23F3N4O4/c29-28(30,31)39-21-13-11-20(12-14-21)38-27(37)34-16-15-22-23(17-34)33-26(32)35(25(22)36)24(18-7-3-1-4-8-18)19-9-5-2-6-10-19/h1-14,24H,15-17H2,(H2,32,33). The van der Waals surface area contributed by atoms with Crippen LogP contribution in [0, 0.1) is 0 Å². The van der Waals surface area contributed by atoms with Gasteiger partial charge in [0.15, 0.2) is 0 Å². The fraction of sp³-hybridized carbons (Fsp3) is 0.179. The number of alkyl halides is 3. The molecule has 0 spiro atoms. The van der Waals surface area contributed by atoms with Crippen molar-refractivity contribution in [3.63, 3.8) is 0 Å². The number of benzene rings is 3. The number of nitrogens with zero attached hydrogens (tertiary/aromatic N) is 3. The highest BCUT2D eigenvalue weighted by Gasteiger charge is 2.32. The predicted molar refractivity (Wildman–Crippen MR) is 136 cm³/mol. The van der Waals surface area contributed by atoms with E-state index in [4.69, 9.17) is 10.5 Å². The van der Waals surface area contributed by atoms with Crippen molar-refractivity contribution in [2.24, 2.45) is 0 Å². The van der Waals surface area contributed by atoms with E-state index in [2.05, 4.69) is 9.72 Å². The number of halogens is 3. The molecule has 1 aliphatic heterocycles. The fourth-order valence-corrected chi connectivity index (χ4v) is 4.56. The summed E-state index contributed by atoms with van der Waals surface area (Å²) >= 11 is 0. The Bertz CT molecular complexity index is 1490. The number of fused-ring (bicyclic) bond motifs is 1. The molecule has 2 heterocycles. The number of nitrogen functional groups attached to an aromatic ring is 1. The summed E-state index contributed by atoms with van der Waals surface area (Å²) in [5.41, 5.74) is 8.62. The van der Waals surface area contributed by atoms with Crippen LogP contribution in [0.15, 0.2) is 89.7 Å². The maximum Gasteiger partial charge on any atom is 0.573 e. The van der Waals surface area contributed by atoms with Gasteiger partial charge in [0, 0.05) is 12.1 Å². The van der Waals surface area contributed by atoms with Gasteiger partial charge >= 0.3 is 12.5 Å². The van der Waals surface area contributed by atoms with Crippen LogP contribution < -0.4 is 20.8 Å². The Kier molecular flexibility index (Phi) is 6.97. The lowest BCUT2D eigenvalue weighted by molar-refractivity contribution is -0.274. The number of nitrogens with two attached hydrogens (primary N) is 1. The smallest absolute Gasteiger partial charge is 0.410 e. The van der Waals surface area contributed by atoms with Crippen LogP contribution >= 0.6 is 0 Å². The number of anilines is 1. The maximum absolute atomic E-state index is 13.7. The number of carbonyl (C=O) groups excluding carboxylic acids is 1. The van der Waals surface area contributed by atoms with Gasteiger partial charge in [-0.05, 0) is 41.8 Å². The molecule has 5 rings (SSSR count). The molecule has 0 atom stereocenters. The van der Waals surface area contributed by atoms with E-state index in [1.54, 1.807) is 0 Å². The van der Waals surface area contributed by atoms with E-state index in [9.17, 15) is 22.8 Å². The van der Waals surface area contributed by atoms with Crippen molar-refractivity contribution in [2.45, 2.75) is 25.4 Å². The second-order valence-corrected chi connectivity index (χ2v) is 8.85. The Morgan fingerprint density at radius 2 is 1.46 bits per heavy atom. The quantitative estimate of drug-likeness (QED) is 0.389. The molecule has 4 aromatic rings. The zero-order valence-corrected chi connectivity index (χ0v) is 20.5. The number of hydrogen-bond donors (Lipinski definition) is 1. The number of ether oxygens (including phenoxy) is 2. The highest BCUT2D eigenvalue weighted by molar-refractivity contribution is 5.71. The molecule has 0 unspecified atom stereocenters. The van der Waals surface area contributed by atoms with Crippen molar-refractivity contribution in [3.8, 4) is 11.5 Å². The topological polar surface area (TPSA) is 99.7 Å². The summed E-state index contributed by atoms with van der Waals surface area (Å²) in [5.74, 6) is -0.391. The lowest BCUT2D eigenvalue weighted by Gasteiger charge is -2.29. The van der Waals surface area contributed by atoms with Crippen molar-refractivity contribution in [1.82, 2.24) is 14.5 Å². The molecule has 0 radical (unpaired) electrons. The summed E-state index contributed by atoms with van der Waals surface area (Å²) in [4.78, 5) is 32.3. The van der Waals surface area contributed by atoms with E-state index in [0.717, 1.165) is 23.3 Å². The summed E-state index contributed by atoms with van der Waals surface area (Å²) in [7, 11) is 0. The molecule has 0 saturated carbocycles. The molecule has 0 saturated heterocycles. The molecule has 1 aliphatic rings. The Hall–Kier alpha value is -4.80. The number of hydrogen-bond acceptors (Lipinski definition) is 6. The van der Waals surface area contributed by atoms with E-state index in [1.165, 1.54) is 21.6 Å². The van der Waals surface area contributed by atoms with Gasteiger partial charge in [-0.25, -0.2) is 9.78 Å². The average molecular weight is 537 g/mol. The van der Waals surface area contributed by atoms with E-state index >= 15 is 0 Å². The number of amides is 1. The molecule has 0 fully saturated rings. The molecule has 200 valence electrons. The lowest BCUT2D eigenvalue weighted by Crippen LogP contribution is -2.43. The lowest BCUT2D eigenvalue weighted by atomic mass is 9.97. The van der Waals surface area contributed by atoms with Crippen LogP contribution in [-0.2, 0) is 13.0 Å². The van der Waals surface area contributed by atoms with Gasteiger partial charge in [-0.2, -0.15) is 0 Å². The highest BCUT2D eigenvalue weighted by Crippen LogP contribution is 2.29. The molecule has 8 nitrogen and oxygen atoms in total. The van der Waals surface area contributed by atoms with Crippen LogP contribution in [0.2, 0.25) is 0 Å². The second kappa shape index (κ2) is 10.5. The predicted octanol–water partition coefficient (Wildman–Crippen LogP) is 4.92. The van der Waals surface area contributed by atoms with E-state index < -0.39 is 24.2 Å². The summed E-state index contributed by atoms with van der Waals surface area (Å²) in [6.07, 6.45) is -5.33. The number of rotatable bonds is 5. The number of carbonyl (C=O) groups is 1. The molecule has 0 bridgehead atoms. The maximum atomic E-state index is 13.7. The minimum atomic E-state index is -4.82. The molecule has 11 heteroatoms. The Labute approximate surface area is 221 Å². The first-order valence-corrected chi connectivity index (χ1v) is 12.0. The summed E-state index contributed by atoms with van der Waals surface area (Å²) < 4.78 is 47.7. The molecule has 3 aromatic carbocycles. The molecule has 39 heavy (non-hydrogen) atoms. The van der Waals surface area contributed by atoms with Crippen molar-refractivity contribution >= 4 is 12.0 Å². The first-order chi connectivity index (χ1) is 18.7. The van der Waals surface area contributed by atoms with Gasteiger partial charge in [-0.15, -0.1) is 13.2 Å². The highest BCUT2D eigenvalue weighted by atomic mass is 19.4. The van der Waals surface area contributed by atoms with Crippen LogP contribution in [0.4, 0.5) is 23.9 Å². The van der Waals surface area contributed by atoms with Gasteiger partial charge in [0.1, 0.15) is 11.5 Å². The third-order valence-electron chi connectivity index (χ3n) is 6.30. The molecular formula is C28H23F3N4O4. The van der Waals surface area contributed by atoms with Crippen molar-refractivity contribution in [1.29, 1.82) is 0 Å². The van der Waals surface area contributed by atoms with E-state index in [1.807, 2.05) is 60.7 Å². The Morgan fingerprint density at radius 3 is 2.03 bits per heavy atom. The summed E-state index contributed by atoms with van der Waals surface area (Å²) in [6.45, 7) is 0.175. The van der Waals surface area contributed by atoms with Crippen molar-refractivity contribution in [3.05, 3.63) is 118 Å². The van der Waals surface area contributed by atoms with Crippen LogP contribution in [-0.4, -0.2) is 33.5 Å². The second-order valence-electron chi connectivity index (χ2n) is 8.85. The monoisotopic (exact) mass is 536 g/mol. The van der Waals surface area contributed by atoms with Crippen LogP contribution in [0.25, 0.3) is 0 Å². The van der Waals surface area contributed by atoms with Gasteiger partial charge < -0.3 is 20.1 Å². The minimum absolute atomic E-state index is 0.00641. The SMILES string of the molecule is Nc1nc2c(c(=O)n1C(c1ccccc1)c1ccccc1)CCN(C(=O)Oc1ccc(OC(F)(F)F)cc1)C2. The van der Waals surface area contributed by atoms with Crippen molar-refractivity contribution in [2.75, 3.05) is 12.3 Å². The largest absolute Gasteiger partial charge is 0.573 e. The third kappa shape index (κ3) is 5.71. The van der Waals surface area contributed by atoms with Crippen LogP contribution in [0.3, 0.4) is 0 Å². The molecular weight excluding hydrogens is 513 g/mol. The summed E-state index contributed by atoms with van der Waals surface area (Å²) in [5, 5.41) is 0. The van der Waals surface area contributed by atoms with Crippen LogP contribution in [0.5, 0.6) is 11.5 Å². The first-order valence-electron chi connectivity index (χ1n) is 12.0. The van der Waals surface area contributed by atoms with Crippen LogP contribution in [0.1, 0.15) is 28.4 Å². The van der Waals surface area contributed by atoms with E-state index in [0.29, 0.717) is 11.3 Å². The normalized spacial score (nSPS) is 13.2. The van der Waals surface area contributed by atoms with Gasteiger partial charge in [-0.3, -0.25) is 9.36 Å². The number of aromatic nitrogens is 2. The zero-order chi connectivity index (χ0) is 27.6. The molecule has 1 amide bonds. The molecule has 0 aliphatic carbocycles. The zero-order valence-electron chi connectivity index (χ0n) is 20.5. The van der Waals surface area contributed by atoms with Gasteiger partial charge in [0.05, 0.1) is 18.3 Å². The minimum Gasteiger partial charge on any atom is -0.410 e. The fourth-order valence-electron chi connectivity index (χ4n) is 4.56. The molecule has 1 aromatic heterocycles. The first kappa shape index (κ1) is 25.8. The Balaban J connectivity index is 1.39. The Morgan fingerprint density at radius 1 is 0.897 bits per heavy atom. The molecule has 2 N–H and O–H groups in total. The average Bonchev–Trinajstić information content (AvgIpc) is 2.92. The third-order valence-corrected chi connectivity index (χ3v) is 6.30. The summed E-state index contributed by atoms with van der Waals surface area (Å²) in [6, 6.07) is 23.0. The van der Waals surface area contributed by atoms with E-state index in [-0.39, 0.29) is 36.8 Å². The van der Waals surface area contributed by atoms with Gasteiger partial charge in [-0.1, -0.05) is 60.7 Å². The van der Waals surface area contributed by atoms with Gasteiger partial charge in [0.2, 0.25) is 5.95 Å². The van der Waals surface area contributed by atoms with Crippen molar-refractivity contribution < 1.29 is 27.4 Å².